The van der Waals surface area contributed by atoms with Crippen molar-refractivity contribution in [1.29, 1.82) is 0 Å². The van der Waals surface area contributed by atoms with Gasteiger partial charge in [-0.25, -0.2) is 0 Å². The zero-order valence-corrected chi connectivity index (χ0v) is 11.8. The molecule has 0 spiro atoms. The molecule has 0 aromatic heterocycles. The van der Waals surface area contributed by atoms with Crippen LogP contribution in [0.1, 0.15) is 51.5 Å². The van der Waals surface area contributed by atoms with E-state index in [4.69, 9.17) is 11.6 Å². The number of unbranched alkanes of at least 4 members (excludes halogenated alkanes) is 3. The van der Waals surface area contributed by atoms with Gasteiger partial charge in [-0.05, 0) is 24.1 Å². The van der Waals surface area contributed by atoms with Crippen LogP contribution in [-0.2, 0) is 5.41 Å². The maximum atomic E-state index is 5.92. The van der Waals surface area contributed by atoms with Gasteiger partial charge in [-0.2, -0.15) is 0 Å². The van der Waals surface area contributed by atoms with Crippen LogP contribution in [0.25, 0.3) is 0 Å². The summed E-state index contributed by atoms with van der Waals surface area (Å²) in [6, 6.07) is 8.16. The van der Waals surface area contributed by atoms with Crippen molar-refractivity contribution in [3.05, 3.63) is 47.5 Å². The summed E-state index contributed by atoms with van der Waals surface area (Å²) >= 11 is 5.92. The molecule has 0 aliphatic carbocycles. The Balaban J connectivity index is 2.67. The normalized spacial score (nSPS) is 14.3. The fraction of sp³-hybridized carbons (Fsp3) is 0.500. The topological polar surface area (TPSA) is 0 Å². The first-order valence-corrected chi connectivity index (χ1v) is 6.90. The van der Waals surface area contributed by atoms with Gasteiger partial charge in [0, 0.05) is 10.4 Å². The van der Waals surface area contributed by atoms with E-state index >= 15 is 0 Å². The average Bonchev–Trinajstić information content (AvgIpc) is 2.35. The fourth-order valence-electron chi connectivity index (χ4n) is 2.11. The molecule has 0 aliphatic heterocycles. The monoisotopic (exact) mass is 250 g/mol. The highest BCUT2D eigenvalue weighted by atomic mass is 35.5. The third kappa shape index (κ3) is 4.20. The van der Waals surface area contributed by atoms with Gasteiger partial charge in [0.05, 0.1) is 0 Å². The van der Waals surface area contributed by atoms with Gasteiger partial charge in [0.25, 0.3) is 0 Å². The molecular formula is C16H23Cl. The van der Waals surface area contributed by atoms with E-state index in [0.717, 1.165) is 11.4 Å². The van der Waals surface area contributed by atoms with Crippen molar-refractivity contribution in [3.63, 3.8) is 0 Å². The Morgan fingerprint density at radius 3 is 2.35 bits per heavy atom. The zero-order chi connectivity index (χ0) is 12.7. The SMILES string of the molecule is C=C[C@](C)(CCCCCC)c1ccc(Cl)cc1. The van der Waals surface area contributed by atoms with E-state index in [2.05, 4.69) is 38.6 Å². The maximum absolute atomic E-state index is 5.92. The maximum Gasteiger partial charge on any atom is 0.0406 e. The minimum atomic E-state index is 0.0817. The first-order chi connectivity index (χ1) is 8.12. The summed E-state index contributed by atoms with van der Waals surface area (Å²) in [5, 5.41) is 0.797. The minimum Gasteiger partial charge on any atom is -0.102 e. The van der Waals surface area contributed by atoms with Crippen LogP contribution < -0.4 is 0 Å². The first kappa shape index (κ1) is 14.3. The molecule has 1 aromatic carbocycles. The van der Waals surface area contributed by atoms with Gasteiger partial charge in [-0.3, -0.25) is 0 Å². The Morgan fingerprint density at radius 2 is 1.82 bits per heavy atom. The van der Waals surface area contributed by atoms with E-state index in [1.807, 2.05) is 12.1 Å². The van der Waals surface area contributed by atoms with Gasteiger partial charge in [-0.15, -0.1) is 6.58 Å². The number of rotatable bonds is 7. The summed E-state index contributed by atoms with van der Waals surface area (Å²) in [5.41, 5.74) is 1.40. The Morgan fingerprint density at radius 1 is 1.18 bits per heavy atom. The van der Waals surface area contributed by atoms with Crippen LogP contribution in [0.5, 0.6) is 0 Å². The molecule has 94 valence electrons. The van der Waals surface area contributed by atoms with E-state index in [9.17, 15) is 0 Å². The number of hydrogen-bond acceptors (Lipinski definition) is 0. The second-order valence-corrected chi connectivity index (χ2v) is 5.38. The summed E-state index contributed by atoms with van der Waals surface area (Å²) in [7, 11) is 0. The van der Waals surface area contributed by atoms with Gasteiger partial charge in [0.15, 0.2) is 0 Å². The van der Waals surface area contributed by atoms with Gasteiger partial charge in [0.2, 0.25) is 0 Å². The largest absolute Gasteiger partial charge is 0.102 e. The molecule has 0 amide bonds. The minimum absolute atomic E-state index is 0.0817. The van der Waals surface area contributed by atoms with Crippen LogP contribution in [-0.4, -0.2) is 0 Å². The molecule has 0 nitrogen and oxygen atoms in total. The highest BCUT2D eigenvalue weighted by molar-refractivity contribution is 6.30. The smallest absolute Gasteiger partial charge is 0.0406 e. The van der Waals surface area contributed by atoms with Crippen molar-refractivity contribution >= 4 is 11.6 Å². The summed E-state index contributed by atoms with van der Waals surface area (Å²) in [5.74, 6) is 0. The Labute approximate surface area is 111 Å². The Bertz CT molecular complexity index is 339. The van der Waals surface area contributed by atoms with Gasteiger partial charge in [-0.1, -0.05) is 69.3 Å². The molecule has 0 bridgehead atoms. The van der Waals surface area contributed by atoms with Crippen molar-refractivity contribution < 1.29 is 0 Å². The molecule has 0 aliphatic rings. The number of hydrogen-bond donors (Lipinski definition) is 0. The molecule has 1 heteroatoms. The van der Waals surface area contributed by atoms with Crippen molar-refractivity contribution in [2.45, 2.75) is 51.4 Å². The molecule has 0 saturated carbocycles. The Hall–Kier alpha value is -0.750. The lowest BCUT2D eigenvalue weighted by Gasteiger charge is -2.26. The van der Waals surface area contributed by atoms with E-state index < -0.39 is 0 Å². The van der Waals surface area contributed by atoms with Crippen LogP contribution in [0.15, 0.2) is 36.9 Å². The lowest BCUT2D eigenvalue weighted by Crippen LogP contribution is -2.18. The highest BCUT2D eigenvalue weighted by Gasteiger charge is 2.21. The molecular weight excluding hydrogens is 228 g/mol. The van der Waals surface area contributed by atoms with E-state index in [1.165, 1.54) is 31.2 Å². The molecule has 1 rings (SSSR count). The molecule has 0 N–H and O–H groups in total. The molecule has 0 heterocycles. The molecule has 1 atom stereocenters. The fourth-order valence-corrected chi connectivity index (χ4v) is 2.24. The highest BCUT2D eigenvalue weighted by Crippen LogP contribution is 2.31. The average molecular weight is 251 g/mol. The Kier molecular flexibility index (Phi) is 5.77. The molecule has 0 radical (unpaired) electrons. The van der Waals surface area contributed by atoms with Crippen molar-refractivity contribution in [3.8, 4) is 0 Å². The predicted octanol–water partition coefficient (Wildman–Crippen LogP) is 5.75. The standard InChI is InChI=1S/C16H23Cl/c1-4-6-7-8-13-16(3,5-2)14-9-11-15(17)12-10-14/h5,9-12H,2,4,6-8,13H2,1,3H3/t16-/m1/s1. The first-order valence-electron chi connectivity index (χ1n) is 6.52. The number of benzene rings is 1. The lowest BCUT2D eigenvalue weighted by molar-refractivity contribution is 0.493. The quantitative estimate of drug-likeness (QED) is 0.427. The van der Waals surface area contributed by atoms with Gasteiger partial charge in [0.1, 0.15) is 0 Å². The van der Waals surface area contributed by atoms with Gasteiger partial charge < -0.3 is 0 Å². The van der Waals surface area contributed by atoms with Crippen LogP contribution in [0, 0.1) is 0 Å². The third-order valence-corrected chi connectivity index (χ3v) is 3.76. The summed E-state index contributed by atoms with van der Waals surface area (Å²) in [6.07, 6.45) is 8.42. The zero-order valence-electron chi connectivity index (χ0n) is 11.0. The van der Waals surface area contributed by atoms with Crippen molar-refractivity contribution in [1.82, 2.24) is 0 Å². The second kappa shape index (κ2) is 6.86. The molecule has 17 heavy (non-hydrogen) atoms. The molecule has 0 fully saturated rings. The van der Waals surface area contributed by atoms with E-state index in [-0.39, 0.29) is 5.41 Å². The molecule has 1 aromatic rings. The summed E-state index contributed by atoms with van der Waals surface area (Å²) in [6.45, 7) is 8.50. The van der Waals surface area contributed by atoms with Gasteiger partial charge >= 0.3 is 0 Å². The van der Waals surface area contributed by atoms with E-state index in [1.54, 1.807) is 0 Å². The van der Waals surface area contributed by atoms with E-state index in [0.29, 0.717) is 0 Å². The molecule has 0 unspecified atom stereocenters. The van der Waals surface area contributed by atoms with Crippen molar-refractivity contribution in [2.24, 2.45) is 0 Å². The number of allylic oxidation sites excluding steroid dienone is 1. The van der Waals surface area contributed by atoms with Crippen LogP contribution >= 0.6 is 11.6 Å². The van der Waals surface area contributed by atoms with Crippen LogP contribution in [0.2, 0.25) is 5.02 Å². The summed E-state index contributed by atoms with van der Waals surface area (Å²) in [4.78, 5) is 0. The second-order valence-electron chi connectivity index (χ2n) is 4.94. The van der Waals surface area contributed by atoms with Crippen LogP contribution in [0.4, 0.5) is 0 Å². The third-order valence-electron chi connectivity index (χ3n) is 3.50. The van der Waals surface area contributed by atoms with Crippen LogP contribution in [0.3, 0.4) is 0 Å². The summed E-state index contributed by atoms with van der Waals surface area (Å²) < 4.78 is 0. The molecule has 0 saturated heterocycles. The number of halogens is 1. The lowest BCUT2D eigenvalue weighted by atomic mass is 9.78. The predicted molar refractivity (Wildman–Crippen MR) is 77.8 cm³/mol. The van der Waals surface area contributed by atoms with Crippen molar-refractivity contribution in [2.75, 3.05) is 0 Å².